The fourth-order valence-electron chi connectivity index (χ4n) is 4.68. The van der Waals surface area contributed by atoms with Crippen LogP contribution in [-0.2, 0) is 11.3 Å². The largest absolute Gasteiger partial charge is 0.491 e. The van der Waals surface area contributed by atoms with Gasteiger partial charge in [-0.25, -0.2) is 9.37 Å². The van der Waals surface area contributed by atoms with E-state index in [-0.39, 0.29) is 37.2 Å². The number of rotatable bonds is 7. The van der Waals surface area contributed by atoms with Crippen LogP contribution >= 0.6 is 0 Å². The molecule has 180 valence electrons. The third kappa shape index (κ3) is 4.77. The van der Waals surface area contributed by atoms with Gasteiger partial charge in [-0.1, -0.05) is 30.3 Å². The van der Waals surface area contributed by atoms with E-state index in [1.165, 1.54) is 12.1 Å². The molecule has 1 aliphatic heterocycles. The number of aromatic nitrogens is 2. The van der Waals surface area contributed by atoms with Crippen LogP contribution < -0.4 is 9.64 Å². The summed E-state index contributed by atoms with van der Waals surface area (Å²) in [5.41, 5.74) is 4.35. The number of aliphatic hydroxyl groups excluding tert-OH is 1. The fourth-order valence-corrected chi connectivity index (χ4v) is 4.68. The van der Waals surface area contributed by atoms with E-state index in [1.807, 2.05) is 60.9 Å². The summed E-state index contributed by atoms with van der Waals surface area (Å²) in [6.07, 6.45) is -0.503. The highest BCUT2D eigenvalue weighted by Crippen LogP contribution is 2.33. The second-order valence-electron chi connectivity index (χ2n) is 9.19. The molecular formula is C28H28FN3O3. The number of fused-ring (bicyclic) bond motifs is 1. The minimum Gasteiger partial charge on any atom is -0.491 e. The third-order valence-corrected chi connectivity index (χ3v) is 6.46. The molecule has 6 nitrogen and oxygen atoms in total. The molecule has 0 bridgehead atoms. The van der Waals surface area contributed by atoms with E-state index >= 15 is 0 Å². The smallest absolute Gasteiger partial charge is 0.227 e. The van der Waals surface area contributed by atoms with Gasteiger partial charge in [-0.15, -0.1) is 0 Å². The summed E-state index contributed by atoms with van der Waals surface area (Å²) in [5, 5.41) is 10.9. The van der Waals surface area contributed by atoms with Gasteiger partial charge in [0, 0.05) is 24.6 Å². The van der Waals surface area contributed by atoms with Crippen LogP contribution in [0, 0.1) is 19.7 Å². The van der Waals surface area contributed by atoms with Crippen LogP contribution in [0.4, 0.5) is 10.1 Å². The monoisotopic (exact) mass is 473 g/mol. The molecule has 4 aromatic rings. The number of halogens is 1. The zero-order chi connectivity index (χ0) is 24.5. The molecule has 1 N–H and O–H groups in total. The molecule has 2 heterocycles. The summed E-state index contributed by atoms with van der Waals surface area (Å²) in [5.74, 6) is 0.873. The van der Waals surface area contributed by atoms with E-state index in [0.717, 1.165) is 33.7 Å². The number of benzene rings is 3. The van der Waals surface area contributed by atoms with Crippen molar-refractivity contribution in [2.24, 2.45) is 0 Å². The van der Waals surface area contributed by atoms with E-state index in [1.54, 1.807) is 17.0 Å². The Bertz CT molecular complexity index is 1380. The summed E-state index contributed by atoms with van der Waals surface area (Å²) < 4.78 is 21.7. The van der Waals surface area contributed by atoms with Crippen molar-refractivity contribution < 1.29 is 19.0 Å². The molecule has 1 saturated heterocycles. The Morgan fingerprint density at radius 3 is 2.77 bits per heavy atom. The third-order valence-electron chi connectivity index (χ3n) is 6.46. The summed E-state index contributed by atoms with van der Waals surface area (Å²) in [6, 6.07) is 19.8. The number of hydrogen-bond donors (Lipinski definition) is 1. The standard InChI is InChI=1S/C28H28FN3O3/c1-18-10-11-19(2)26(12-18)35-17-23(33)16-32-25-9-4-3-8-24(25)30-28(32)20-13-27(34)31(15-20)22-7-5-6-21(29)14-22/h3-12,14,20,23,33H,13,15-17H2,1-2H3/t20-,23-/m0/s1. The lowest BCUT2D eigenvalue weighted by Crippen LogP contribution is -2.26. The van der Waals surface area contributed by atoms with Crippen LogP contribution in [0.25, 0.3) is 11.0 Å². The highest BCUT2D eigenvalue weighted by atomic mass is 19.1. The summed E-state index contributed by atoms with van der Waals surface area (Å²) >= 11 is 0. The molecule has 5 rings (SSSR count). The molecule has 1 aromatic heterocycles. The van der Waals surface area contributed by atoms with Crippen molar-refractivity contribution in [2.45, 2.75) is 38.8 Å². The van der Waals surface area contributed by atoms with Crippen molar-refractivity contribution in [1.29, 1.82) is 0 Å². The average molecular weight is 474 g/mol. The zero-order valence-corrected chi connectivity index (χ0v) is 19.8. The molecule has 3 aromatic carbocycles. The van der Waals surface area contributed by atoms with E-state index in [9.17, 15) is 14.3 Å². The lowest BCUT2D eigenvalue weighted by molar-refractivity contribution is -0.117. The number of amides is 1. The Hall–Kier alpha value is -3.71. The van der Waals surface area contributed by atoms with Crippen LogP contribution in [0.3, 0.4) is 0 Å². The Morgan fingerprint density at radius 1 is 1.11 bits per heavy atom. The number of aliphatic hydroxyl groups is 1. The number of carbonyl (C=O) groups excluding carboxylic acids is 1. The maximum absolute atomic E-state index is 13.8. The van der Waals surface area contributed by atoms with Gasteiger partial charge in [-0.05, 0) is 61.4 Å². The first-order chi connectivity index (χ1) is 16.9. The van der Waals surface area contributed by atoms with Gasteiger partial charge in [0.15, 0.2) is 0 Å². The quantitative estimate of drug-likeness (QED) is 0.421. The van der Waals surface area contributed by atoms with Crippen LogP contribution in [0.5, 0.6) is 5.75 Å². The normalized spacial score (nSPS) is 16.7. The molecule has 1 aliphatic rings. The number of carbonyl (C=O) groups is 1. The van der Waals surface area contributed by atoms with E-state index in [2.05, 4.69) is 0 Å². The Balaban J connectivity index is 1.39. The molecule has 0 unspecified atom stereocenters. The fraction of sp³-hybridized carbons (Fsp3) is 0.286. The van der Waals surface area contributed by atoms with Crippen LogP contribution in [0.1, 0.15) is 29.3 Å². The number of ether oxygens (including phenoxy) is 1. The number of para-hydroxylation sites is 2. The summed E-state index contributed by atoms with van der Waals surface area (Å²) in [7, 11) is 0. The van der Waals surface area contributed by atoms with Crippen molar-refractivity contribution in [3.05, 3.63) is 89.5 Å². The number of aryl methyl sites for hydroxylation is 2. The summed E-state index contributed by atoms with van der Waals surface area (Å²) in [4.78, 5) is 19.3. The lowest BCUT2D eigenvalue weighted by atomic mass is 10.1. The van der Waals surface area contributed by atoms with Crippen LogP contribution in [0.15, 0.2) is 66.7 Å². The van der Waals surface area contributed by atoms with Gasteiger partial charge in [-0.3, -0.25) is 4.79 Å². The van der Waals surface area contributed by atoms with Gasteiger partial charge in [0.1, 0.15) is 30.1 Å². The van der Waals surface area contributed by atoms with Crippen LogP contribution in [0.2, 0.25) is 0 Å². The van der Waals surface area contributed by atoms with Gasteiger partial charge < -0.3 is 19.3 Å². The van der Waals surface area contributed by atoms with Crippen LogP contribution in [-0.4, -0.2) is 39.8 Å². The Morgan fingerprint density at radius 2 is 1.94 bits per heavy atom. The zero-order valence-electron chi connectivity index (χ0n) is 19.8. The topological polar surface area (TPSA) is 67.6 Å². The van der Waals surface area contributed by atoms with Gasteiger partial charge >= 0.3 is 0 Å². The molecule has 0 spiro atoms. The molecule has 1 fully saturated rings. The van der Waals surface area contributed by atoms with Gasteiger partial charge in [0.05, 0.1) is 17.6 Å². The van der Waals surface area contributed by atoms with E-state index < -0.39 is 6.10 Å². The van der Waals surface area contributed by atoms with Crippen molar-refractivity contribution >= 4 is 22.6 Å². The number of hydrogen-bond acceptors (Lipinski definition) is 4. The van der Waals surface area contributed by atoms with Gasteiger partial charge in [-0.2, -0.15) is 0 Å². The number of nitrogens with zero attached hydrogens (tertiary/aromatic N) is 3. The molecule has 0 aliphatic carbocycles. The van der Waals surface area contributed by atoms with Crippen molar-refractivity contribution in [3.8, 4) is 5.75 Å². The molecule has 2 atom stereocenters. The first-order valence-corrected chi connectivity index (χ1v) is 11.8. The minimum absolute atomic E-state index is 0.0713. The Labute approximate surface area is 203 Å². The average Bonchev–Trinajstić information content (AvgIpc) is 3.40. The predicted octanol–water partition coefficient (Wildman–Crippen LogP) is 4.75. The lowest BCUT2D eigenvalue weighted by Gasteiger charge is -2.19. The molecule has 0 saturated carbocycles. The maximum atomic E-state index is 13.8. The molecule has 0 radical (unpaired) electrons. The second kappa shape index (κ2) is 9.50. The first-order valence-electron chi connectivity index (χ1n) is 11.8. The summed E-state index contributed by atoms with van der Waals surface area (Å²) in [6.45, 7) is 4.80. The van der Waals surface area contributed by atoms with Crippen molar-refractivity contribution in [2.75, 3.05) is 18.1 Å². The van der Waals surface area contributed by atoms with Gasteiger partial charge in [0.2, 0.25) is 5.91 Å². The number of anilines is 1. The van der Waals surface area contributed by atoms with Crippen molar-refractivity contribution in [1.82, 2.24) is 9.55 Å². The first kappa shape index (κ1) is 23.1. The SMILES string of the molecule is Cc1ccc(C)c(OC[C@@H](O)Cn2c([C@H]3CC(=O)N(c4cccc(F)c4)C3)nc3ccccc32)c1. The highest BCUT2D eigenvalue weighted by Gasteiger charge is 2.35. The molecular weight excluding hydrogens is 445 g/mol. The Kier molecular flexibility index (Phi) is 6.26. The predicted molar refractivity (Wildman–Crippen MR) is 133 cm³/mol. The minimum atomic E-state index is -0.775. The second-order valence-corrected chi connectivity index (χ2v) is 9.19. The van der Waals surface area contributed by atoms with Gasteiger partial charge in [0.25, 0.3) is 0 Å². The molecule has 1 amide bonds. The number of imidazole rings is 1. The van der Waals surface area contributed by atoms with E-state index in [4.69, 9.17) is 9.72 Å². The van der Waals surface area contributed by atoms with Crippen molar-refractivity contribution in [3.63, 3.8) is 0 Å². The molecule has 7 heteroatoms. The van der Waals surface area contributed by atoms with E-state index in [0.29, 0.717) is 12.2 Å². The maximum Gasteiger partial charge on any atom is 0.227 e. The highest BCUT2D eigenvalue weighted by molar-refractivity contribution is 5.96. The molecule has 35 heavy (non-hydrogen) atoms.